The number of benzene rings is 3. The highest BCUT2D eigenvalue weighted by molar-refractivity contribution is 8.00. The van der Waals surface area contributed by atoms with Crippen LogP contribution < -0.4 is 14.4 Å². The predicted octanol–water partition coefficient (Wildman–Crippen LogP) is 7.48. The number of aliphatic hydroxyl groups excluding tert-OH is 1. The van der Waals surface area contributed by atoms with Gasteiger partial charge in [-0.15, -0.1) is 10.2 Å². The lowest BCUT2D eigenvalue weighted by atomic mass is 9.95. The molecule has 1 amide bonds. The summed E-state index contributed by atoms with van der Waals surface area (Å²) in [5, 5.41) is 20.1. The summed E-state index contributed by atoms with van der Waals surface area (Å²) in [6.45, 7) is 4.55. The molecular formula is C33H32FN3O5S2. The van der Waals surface area contributed by atoms with Gasteiger partial charge in [0.05, 0.1) is 25.3 Å². The maximum Gasteiger partial charge on any atom is 0.301 e. The second kappa shape index (κ2) is 14.0. The second-order valence-electron chi connectivity index (χ2n) is 10.2. The molecule has 8 nitrogen and oxygen atoms in total. The van der Waals surface area contributed by atoms with Gasteiger partial charge >= 0.3 is 5.91 Å². The van der Waals surface area contributed by atoms with E-state index in [1.54, 1.807) is 48.5 Å². The Kier molecular flexibility index (Phi) is 9.96. The van der Waals surface area contributed by atoms with Gasteiger partial charge < -0.3 is 14.6 Å². The first-order valence-corrected chi connectivity index (χ1v) is 16.0. The average Bonchev–Trinajstić information content (AvgIpc) is 3.60. The van der Waals surface area contributed by atoms with Crippen molar-refractivity contribution in [3.8, 4) is 11.5 Å². The molecule has 1 unspecified atom stereocenters. The van der Waals surface area contributed by atoms with Crippen LogP contribution in [0.4, 0.5) is 9.52 Å². The van der Waals surface area contributed by atoms with Crippen LogP contribution in [-0.4, -0.2) is 40.7 Å². The fraction of sp³-hybridized carbons (Fsp3) is 0.273. The van der Waals surface area contributed by atoms with Gasteiger partial charge in [0.2, 0.25) is 5.13 Å². The zero-order valence-electron chi connectivity index (χ0n) is 24.6. The normalized spacial score (nSPS) is 16.0. The smallest absolute Gasteiger partial charge is 0.301 e. The van der Waals surface area contributed by atoms with E-state index in [-0.39, 0.29) is 22.3 Å². The number of halogens is 1. The average molecular weight is 634 g/mol. The van der Waals surface area contributed by atoms with E-state index in [1.807, 2.05) is 19.1 Å². The Morgan fingerprint density at radius 2 is 1.82 bits per heavy atom. The van der Waals surface area contributed by atoms with Crippen molar-refractivity contribution in [2.75, 3.05) is 18.6 Å². The summed E-state index contributed by atoms with van der Waals surface area (Å²) in [6.07, 6.45) is 3.00. The topological polar surface area (TPSA) is 102 Å². The first-order valence-electron chi connectivity index (χ1n) is 14.2. The molecule has 0 radical (unpaired) electrons. The van der Waals surface area contributed by atoms with Gasteiger partial charge in [0.1, 0.15) is 11.6 Å². The number of carbonyl (C=O) groups excluding carboxylic acids is 2. The first-order chi connectivity index (χ1) is 21.3. The van der Waals surface area contributed by atoms with Gasteiger partial charge in [-0.1, -0.05) is 97.0 Å². The fourth-order valence-corrected chi connectivity index (χ4v) is 6.69. The van der Waals surface area contributed by atoms with E-state index in [0.717, 1.165) is 36.2 Å². The maximum atomic E-state index is 14.2. The highest BCUT2D eigenvalue weighted by Crippen LogP contribution is 2.45. The number of hydrogen-bond acceptors (Lipinski definition) is 9. The van der Waals surface area contributed by atoms with Crippen molar-refractivity contribution in [3.05, 3.63) is 100 Å². The van der Waals surface area contributed by atoms with Gasteiger partial charge in [0.25, 0.3) is 5.78 Å². The van der Waals surface area contributed by atoms with Crippen LogP contribution in [0.1, 0.15) is 54.5 Å². The molecule has 0 bridgehead atoms. The third-order valence-electron chi connectivity index (χ3n) is 7.19. The number of aryl methyl sites for hydroxylation is 1. The quantitative estimate of drug-likeness (QED) is 0.0428. The minimum absolute atomic E-state index is 0.0757. The Morgan fingerprint density at radius 3 is 2.55 bits per heavy atom. The molecule has 5 rings (SSSR count). The first kappa shape index (κ1) is 31.2. The number of anilines is 1. The molecule has 2 heterocycles. The summed E-state index contributed by atoms with van der Waals surface area (Å²) < 4.78 is 26.2. The second-order valence-corrected chi connectivity index (χ2v) is 12.4. The minimum Gasteiger partial charge on any atom is -0.507 e. The summed E-state index contributed by atoms with van der Waals surface area (Å²) in [5.41, 5.74) is 2.34. The molecule has 1 aliphatic rings. The fourth-order valence-electron chi connectivity index (χ4n) is 4.83. The number of thioether (sulfide) groups is 1. The highest BCUT2D eigenvalue weighted by atomic mass is 32.2. The van der Waals surface area contributed by atoms with Crippen LogP contribution in [-0.2, 0) is 15.3 Å². The molecule has 1 fully saturated rings. The van der Waals surface area contributed by atoms with Crippen molar-refractivity contribution < 1.29 is 28.6 Å². The minimum atomic E-state index is -1.02. The van der Waals surface area contributed by atoms with E-state index in [2.05, 4.69) is 17.1 Å². The molecule has 1 aliphatic heterocycles. The van der Waals surface area contributed by atoms with Crippen LogP contribution >= 0.6 is 23.1 Å². The Morgan fingerprint density at radius 1 is 1.05 bits per heavy atom. The van der Waals surface area contributed by atoms with E-state index in [1.165, 1.54) is 29.8 Å². The Hall–Kier alpha value is -4.22. The van der Waals surface area contributed by atoms with E-state index in [4.69, 9.17) is 9.47 Å². The van der Waals surface area contributed by atoms with Gasteiger partial charge in [0.15, 0.2) is 15.8 Å². The molecular weight excluding hydrogens is 602 g/mol. The van der Waals surface area contributed by atoms with Gasteiger partial charge in [-0.3, -0.25) is 14.5 Å². The number of ketones is 1. The van der Waals surface area contributed by atoms with Gasteiger partial charge in [-0.2, -0.15) is 0 Å². The third-order valence-corrected chi connectivity index (χ3v) is 9.29. The number of carbonyl (C=O) groups is 2. The molecule has 4 aromatic rings. The molecule has 0 saturated carbocycles. The zero-order chi connectivity index (χ0) is 31.2. The molecule has 228 valence electrons. The Labute approximate surface area is 263 Å². The summed E-state index contributed by atoms with van der Waals surface area (Å²) in [5.74, 6) is -1.03. The molecule has 44 heavy (non-hydrogen) atoms. The number of methoxy groups -OCH3 is 1. The monoisotopic (exact) mass is 633 g/mol. The molecule has 3 aromatic carbocycles. The molecule has 1 N–H and O–H groups in total. The molecule has 1 aromatic heterocycles. The number of unbranched alkanes of at least 4 members (excludes halogenated alkanes) is 2. The molecule has 0 spiro atoms. The van der Waals surface area contributed by atoms with Crippen LogP contribution in [0.3, 0.4) is 0 Å². The lowest BCUT2D eigenvalue weighted by Gasteiger charge is -2.23. The van der Waals surface area contributed by atoms with E-state index in [0.29, 0.717) is 44.9 Å². The number of hydrogen-bond donors (Lipinski definition) is 1. The predicted molar refractivity (Wildman–Crippen MR) is 170 cm³/mol. The highest BCUT2D eigenvalue weighted by Gasteiger charge is 2.48. The summed E-state index contributed by atoms with van der Waals surface area (Å²) >= 11 is 2.39. The number of aromatic nitrogens is 2. The summed E-state index contributed by atoms with van der Waals surface area (Å²) in [7, 11) is 1.52. The van der Waals surface area contributed by atoms with Gasteiger partial charge in [0, 0.05) is 11.3 Å². The summed E-state index contributed by atoms with van der Waals surface area (Å²) in [6, 6.07) is 17.7. The largest absolute Gasteiger partial charge is 0.507 e. The number of Topliss-reactive ketones (excluding diaryl/α,β-unsaturated/α-hetero) is 1. The summed E-state index contributed by atoms with van der Waals surface area (Å²) in [4.78, 5) is 28.4. The molecule has 11 heteroatoms. The van der Waals surface area contributed by atoms with Crippen LogP contribution in [0.5, 0.6) is 11.5 Å². The maximum absolute atomic E-state index is 14.2. The van der Waals surface area contributed by atoms with Crippen LogP contribution in [0.25, 0.3) is 5.76 Å². The van der Waals surface area contributed by atoms with Crippen molar-refractivity contribution in [2.24, 2.45) is 0 Å². The number of nitrogens with zero attached hydrogens (tertiary/aromatic N) is 3. The van der Waals surface area contributed by atoms with Crippen molar-refractivity contribution in [1.82, 2.24) is 10.2 Å². The van der Waals surface area contributed by atoms with Crippen LogP contribution in [0.15, 0.2) is 76.6 Å². The third kappa shape index (κ3) is 6.63. The van der Waals surface area contributed by atoms with Gasteiger partial charge in [-0.05, 0) is 42.7 Å². The number of aliphatic hydroxyl groups is 1. The molecule has 1 atom stereocenters. The Bertz CT molecular complexity index is 1690. The van der Waals surface area contributed by atoms with Crippen molar-refractivity contribution in [1.29, 1.82) is 0 Å². The lowest BCUT2D eigenvalue weighted by molar-refractivity contribution is -0.132. The molecule has 0 aliphatic carbocycles. The van der Waals surface area contributed by atoms with Crippen molar-refractivity contribution >= 4 is 45.7 Å². The van der Waals surface area contributed by atoms with Gasteiger partial charge in [-0.25, -0.2) is 4.39 Å². The van der Waals surface area contributed by atoms with Crippen molar-refractivity contribution in [2.45, 2.75) is 49.2 Å². The number of rotatable bonds is 12. The lowest BCUT2D eigenvalue weighted by Crippen LogP contribution is -2.29. The number of amides is 1. The van der Waals surface area contributed by atoms with E-state index < -0.39 is 17.7 Å². The Balaban J connectivity index is 1.54. The SMILES string of the molecule is CCCCCOc1ccc(C2/C(=C(/O)c3ccc(C)cc3)C(=O)C(=O)N2c2nnc(SCc3ccccc3F)s2)cc1OC. The van der Waals surface area contributed by atoms with E-state index in [9.17, 15) is 19.1 Å². The molecule has 1 saturated heterocycles. The van der Waals surface area contributed by atoms with Crippen molar-refractivity contribution in [3.63, 3.8) is 0 Å². The number of ether oxygens (including phenoxy) is 2. The standard InChI is InChI=1S/C33H32FN3O5S2/c1-4-5-8-17-42-25-16-15-22(18-26(25)41-3)28-27(29(38)21-13-11-20(2)12-14-21)30(39)31(40)37(28)32-35-36-33(44-32)43-19-23-9-6-7-10-24(23)34/h6-7,9-16,18,28,38H,4-5,8,17,19H2,1-3H3/b29-27-. The van der Waals surface area contributed by atoms with Crippen LogP contribution in [0, 0.1) is 12.7 Å². The van der Waals surface area contributed by atoms with Crippen LogP contribution in [0.2, 0.25) is 0 Å². The zero-order valence-corrected chi connectivity index (χ0v) is 26.2. The van der Waals surface area contributed by atoms with E-state index >= 15 is 0 Å².